The zero-order chi connectivity index (χ0) is 18.7. The van der Waals surface area contributed by atoms with Crippen molar-refractivity contribution >= 4 is 35.1 Å². The van der Waals surface area contributed by atoms with Crippen molar-refractivity contribution in [1.29, 1.82) is 0 Å². The van der Waals surface area contributed by atoms with Crippen LogP contribution in [0, 0.1) is 11.8 Å². The third-order valence-electron chi connectivity index (χ3n) is 4.60. The number of amides is 2. The number of thiazole rings is 1. The topological polar surface area (TPSA) is 103 Å². The number of ether oxygens (including phenoxy) is 2. The average Bonchev–Trinajstić information content (AvgIpc) is 3.20. The summed E-state index contributed by atoms with van der Waals surface area (Å²) in [5.74, 6) is -2.30. The Morgan fingerprint density at radius 3 is 2.46 bits per heavy atom. The van der Waals surface area contributed by atoms with Gasteiger partial charge in [0.25, 0.3) is 0 Å². The predicted octanol–water partition coefficient (Wildman–Crippen LogP) is 1.54. The lowest BCUT2D eigenvalue weighted by Gasteiger charge is -2.19. The molecule has 0 spiro atoms. The van der Waals surface area contributed by atoms with Crippen LogP contribution in [0.15, 0.2) is 5.38 Å². The molecule has 26 heavy (non-hydrogen) atoms. The molecule has 0 bridgehead atoms. The average molecular weight is 380 g/mol. The molecule has 2 unspecified atom stereocenters. The number of nitrogens with zero attached hydrogens (tertiary/aromatic N) is 2. The van der Waals surface area contributed by atoms with Crippen LogP contribution in [-0.4, -0.2) is 46.8 Å². The second-order valence-corrected chi connectivity index (χ2v) is 7.14. The van der Waals surface area contributed by atoms with E-state index in [0.29, 0.717) is 18.5 Å². The van der Waals surface area contributed by atoms with Crippen LogP contribution in [0.5, 0.6) is 0 Å². The molecule has 1 aromatic rings. The van der Waals surface area contributed by atoms with E-state index in [1.54, 1.807) is 12.3 Å². The highest BCUT2D eigenvalue weighted by Gasteiger charge is 2.48. The molecule has 1 aromatic heterocycles. The van der Waals surface area contributed by atoms with Crippen LogP contribution in [0.1, 0.15) is 48.1 Å². The van der Waals surface area contributed by atoms with Crippen molar-refractivity contribution in [3.05, 3.63) is 16.1 Å². The maximum atomic E-state index is 12.3. The number of likely N-dealkylation sites (tertiary alicyclic amines) is 1. The molecule has 2 fully saturated rings. The Morgan fingerprint density at radius 1 is 1.19 bits per heavy atom. The fourth-order valence-corrected chi connectivity index (χ4v) is 4.07. The molecule has 140 valence electrons. The van der Waals surface area contributed by atoms with Crippen LogP contribution in [0.3, 0.4) is 0 Å². The first-order valence-electron chi connectivity index (χ1n) is 8.63. The van der Waals surface area contributed by atoms with Crippen LogP contribution >= 0.6 is 11.3 Å². The van der Waals surface area contributed by atoms with Gasteiger partial charge in [-0.05, 0) is 19.8 Å². The summed E-state index contributed by atoms with van der Waals surface area (Å²) in [5.41, 5.74) is 0.416. The zero-order valence-electron chi connectivity index (χ0n) is 14.4. The molecule has 1 saturated heterocycles. The van der Waals surface area contributed by atoms with Gasteiger partial charge in [0.2, 0.25) is 16.8 Å². The van der Waals surface area contributed by atoms with E-state index in [-0.39, 0.29) is 48.4 Å². The second-order valence-electron chi connectivity index (χ2n) is 6.29. The molecule has 2 amide bonds. The molecule has 1 aliphatic carbocycles. The molecule has 1 aliphatic heterocycles. The van der Waals surface area contributed by atoms with Gasteiger partial charge < -0.3 is 9.47 Å². The lowest BCUT2D eigenvalue weighted by Crippen LogP contribution is -2.36. The first kappa shape index (κ1) is 18.5. The number of esters is 2. The lowest BCUT2D eigenvalue weighted by atomic mass is 9.81. The summed E-state index contributed by atoms with van der Waals surface area (Å²) in [6, 6.07) is 0. The number of rotatable bonds is 6. The Kier molecular flexibility index (Phi) is 5.65. The molecule has 2 heterocycles. The molecular formula is C17H20N2O6S. The number of fused-ring (bicyclic) bond motifs is 1. The summed E-state index contributed by atoms with van der Waals surface area (Å²) in [5, 5.41) is 1.78. The second kappa shape index (κ2) is 7.94. The number of imide groups is 1. The first-order chi connectivity index (χ1) is 12.5. The van der Waals surface area contributed by atoms with E-state index in [2.05, 4.69) is 4.98 Å². The molecule has 0 aromatic carbocycles. The lowest BCUT2D eigenvalue weighted by molar-refractivity contribution is -0.153. The van der Waals surface area contributed by atoms with Gasteiger partial charge in [0.05, 0.1) is 24.1 Å². The molecule has 1 saturated carbocycles. The normalized spacial score (nSPS) is 22.3. The van der Waals surface area contributed by atoms with E-state index in [0.717, 1.165) is 29.1 Å². The van der Waals surface area contributed by atoms with E-state index in [1.807, 2.05) is 0 Å². The molecule has 3 rings (SSSR count). The van der Waals surface area contributed by atoms with Gasteiger partial charge in [0.1, 0.15) is 13.2 Å². The van der Waals surface area contributed by atoms with Crippen LogP contribution in [-0.2, 0) is 30.5 Å². The minimum atomic E-state index is -0.670. The van der Waals surface area contributed by atoms with Crippen molar-refractivity contribution < 1.29 is 28.7 Å². The fourth-order valence-electron chi connectivity index (χ4n) is 3.38. The Balaban J connectivity index is 1.52. The molecule has 8 nitrogen and oxygen atoms in total. The summed E-state index contributed by atoms with van der Waals surface area (Å²) in [6.45, 7) is 1.45. The molecule has 0 radical (unpaired) electrons. The van der Waals surface area contributed by atoms with Gasteiger partial charge in [-0.1, -0.05) is 12.8 Å². The van der Waals surface area contributed by atoms with Crippen molar-refractivity contribution in [2.45, 2.75) is 39.2 Å². The first-order valence-corrected chi connectivity index (χ1v) is 9.51. The Bertz CT molecular complexity index is 707. The van der Waals surface area contributed by atoms with Gasteiger partial charge in [-0.25, -0.2) is 9.78 Å². The van der Waals surface area contributed by atoms with Crippen LogP contribution in [0.25, 0.3) is 0 Å². The molecular weight excluding hydrogens is 360 g/mol. The maximum Gasteiger partial charge on any atom is 0.367 e. The number of hydrogen-bond donors (Lipinski definition) is 0. The largest absolute Gasteiger partial charge is 0.461 e. The molecule has 2 aliphatic rings. The van der Waals surface area contributed by atoms with Crippen molar-refractivity contribution in [3.8, 4) is 0 Å². The summed E-state index contributed by atoms with van der Waals surface area (Å²) in [4.78, 5) is 53.3. The highest BCUT2D eigenvalue weighted by molar-refractivity contribution is 7.11. The van der Waals surface area contributed by atoms with Gasteiger partial charge in [-0.2, -0.15) is 0 Å². The summed E-state index contributed by atoms with van der Waals surface area (Å²) < 4.78 is 9.95. The molecule has 9 heteroatoms. The monoisotopic (exact) mass is 380 g/mol. The van der Waals surface area contributed by atoms with Crippen LogP contribution in [0.2, 0.25) is 0 Å². The zero-order valence-corrected chi connectivity index (χ0v) is 15.3. The minimum absolute atomic E-state index is 0.127. The summed E-state index contributed by atoms with van der Waals surface area (Å²) in [6.07, 6.45) is 3.28. The summed E-state index contributed by atoms with van der Waals surface area (Å²) >= 11 is 1.10. The third-order valence-corrected chi connectivity index (χ3v) is 5.47. The summed E-state index contributed by atoms with van der Waals surface area (Å²) in [7, 11) is 0. The quantitative estimate of drug-likeness (QED) is 0.545. The number of carbonyl (C=O) groups is 4. The van der Waals surface area contributed by atoms with E-state index < -0.39 is 11.9 Å². The van der Waals surface area contributed by atoms with Gasteiger partial charge in [0.15, 0.2) is 0 Å². The van der Waals surface area contributed by atoms with Crippen LogP contribution < -0.4 is 0 Å². The van der Waals surface area contributed by atoms with Gasteiger partial charge in [-0.3, -0.25) is 19.3 Å². The standard InChI is InChI=1S/C17H20N2O6S/c1-2-24-17(23)14-18-10(9-26-14)8-25-13(20)7-19-15(21)11-5-3-4-6-12(11)16(19)22/h9,11-12H,2-8H2,1H3. The van der Waals surface area contributed by atoms with E-state index in [9.17, 15) is 19.2 Å². The minimum Gasteiger partial charge on any atom is -0.461 e. The van der Waals surface area contributed by atoms with Gasteiger partial charge in [-0.15, -0.1) is 11.3 Å². The van der Waals surface area contributed by atoms with Crippen molar-refractivity contribution in [3.63, 3.8) is 0 Å². The molecule has 2 atom stereocenters. The van der Waals surface area contributed by atoms with Gasteiger partial charge >= 0.3 is 11.9 Å². The van der Waals surface area contributed by atoms with Crippen molar-refractivity contribution in [1.82, 2.24) is 9.88 Å². The Hall–Kier alpha value is -2.29. The third kappa shape index (κ3) is 3.77. The van der Waals surface area contributed by atoms with E-state index in [1.165, 1.54) is 0 Å². The highest BCUT2D eigenvalue weighted by Crippen LogP contribution is 2.37. The fraction of sp³-hybridized carbons (Fsp3) is 0.588. The number of carbonyl (C=O) groups excluding carboxylic acids is 4. The smallest absolute Gasteiger partial charge is 0.367 e. The van der Waals surface area contributed by atoms with Gasteiger partial charge in [0, 0.05) is 5.38 Å². The highest BCUT2D eigenvalue weighted by atomic mass is 32.1. The SMILES string of the molecule is CCOC(=O)c1nc(COC(=O)CN2C(=O)C3CCCCC3C2=O)cs1. The number of aromatic nitrogens is 1. The van der Waals surface area contributed by atoms with Crippen molar-refractivity contribution in [2.24, 2.45) is 11.8 Å². The van der Waals surface area contributed by atoms with E-state index in [4.69, 9.17) is 9.47 Å². The van der Waals surface area contributed by atoms with Crippen molar-refractivity contribution in [2.75, 3.05) is 13.2 Å². The van der Waals surface area contributed by atoms with Crippen LogP contribution in [0.4, 0.5) is 0 Å². The Labute approximate surface area is 154 Å². The van der Waals surface area contributed by atoms with E-state index >= 15 is 0 Å². The molecule has 0 N–H and O–H groups in total. The Morgan fingerprint density at radius 2 is 1.85 bits per heavy atom. The maximum absolute atomic E-state index is 12.3. The predicted molar refractivity (Wildman–Crippen MR) is 90.0 cm³/mol. The number of hydrogen-bond acceptors (Lipinski definition) is 8.